The maximum atomic E-state index is 11.1. The molecular weight excluding hydrogens is 238 g/mol. The van der Waals surface area contributed by atoms with Crippen molar-refractivity contribution in [1.29, 1.82) is 0 Å². The summed E-state index contributed by atoms with van der Waals surface area (Å²) in [5.41, 5.74) is 1.02. The second-order valence-electron chi connectivity index (χ2n) is 3.25. The summed E-state index contributed by atoms with van der Waals surface area (Å²) in [4.78, 5) is 21.5. The van der Waals surface area contributed by atoms with Gasteiger partial charge in [-0.05, 0) is 23.8 Å². The minimum absolute atomic E-state index is 0.400. The normalized spacial score (nSPS) is 10.1. The highest BCUT2D eigenvalue weighted by atomic mass is 16.5. The lowest BCUT2D eigenvalue weighted by Crippen LogP contribution is -2.11. The van der Waals surface area contributed by atoms with Crippen molar-refractivity contribution in [2.24, 2.45) is 0 Å². The van der Waals surface area contributed by atoms with Gasteiger partial charge in [-0.1, -0.05) is 6.07 Å². The molecule has 96 valence electrons. The van der Waals surface area contributed by atoms with Gasteiger partial charge >= 0.3 is 12.1 Å². The van der Waals surface area contributed by atoms with Gasteiger partial charge in [0.2, 0.25) is 0 Å². The van der Waals surface area contributed by atoms with Gasteiger partial charge in [-0.3, -0.25) is 5.32 Å². The first-order valence-corrected chi connectivity index (χ1v) is 5.01. The minimum Gasteiger partial charge on any atom is -0.495 e. The number of benzene rings is 1. The number of rotatable bonds is 4. The first-order chi connectivity index (χ1) is 8.56. The van der Waals surface area contributed by atoms with Crippen LogP contribution in [0.3, 0.4) is 0 Å². The van der Waals surface area contributed by atoms with Crippen LogP contribution in [0.4, 0.5) is 10.5 Å². The quantitative estimate of drug-likeness (QED) is 0.799. The Morgan fingerprint density at radius 3 is 2.61 bits per heavy atom. The number of nitrogens with one attached hydrogen (secondary N) is 1. The summed E-state index contributed by atoms with van der Waals surface area (Å²) in [7, 11) is 2.71. The van der Waals surface area contributed by atoms with Crippen molar-refractivity contribution in [1.82, 2.24) is 0 Å². The number of aliphatic carboxylic acids is 1. The third kappa shape index (κ3) is 3.82. The molecule has 0 saturated carbocycles. The van der Waals surface area contributed by atoms with E-state index in [9.17, 15) is 9.59 Å². The third-order valence-electron chi connectivity index (χ3n) is 2.06. The molecule has 0 radical (unpaired) electrons. The van der Waals surface area contributed by atoms with Crippen LogP contribution in [0.1, 0.15) is 5.56 Å². The van der Waals surface area contributed by atoms with E-state index in [0.29, 0.717) is 17.0 Å². The molecule has 0 bridgehead atoms. The maximum Gasteiger partial charge on any atom is 0.411 e. The van der Waals surface area contributed by atoms with Crippen LogP contribution in [-0.2, 0) is 9.53 Å². The van der Waals surface area contributed by atoms with E-state index in [-0.39, 0.29) is 0 Å². The molecule has 6 heteroatoms. The summed E-state index contributed by atoms with van der Waals surface area (Å²) in [5.74, 6) is -0.596. The summed E-state index contributed by atoms with van der Waals surface area (Å²) in [6.45, 7) is 0. The summed E-state index contributed by atoms with van der Waals surface area (Å²) < 4.78 is 9.53. The standard InChI is InChI=1S/C12H13NO5/c1-17-10-5-3-8(4-6-11(14)15)7-9(10)13-12(16)18-2/h3-7H,1-2H3,(H,13,16)(H,14,15). The molecule has 0 heterocycles. The molecule has 1 rings (SSSR count). The van der Waals surface area contributed by atoms with E-state index in [0.717, 1.165) is 6.08 Å². The van der Waals surface area contributed by atoms with Crippen LogP contribution in [0, 0.1) is 0 Å². The zero-order valence-corrected chi connectivity index (χ0v) is 9.97. The highest BCUT2D eigenvalue weighted by Gasteiger charge is 2.07. The van der Waals surface area contributed by atoms with Crippen molar-refractivity contribution in [2.45, 2.75) is 0 Å². The fraction of sp³-hybridized carbons (Fsp3) is 0.167. The molecule has 2 N–H and O–H groups in total. The monoisotopic (exact) mass is 251 g/mol. The average molecular weight is 251 g/mol. The molecule has 0 aromatic heterocycles. The highest BCUT2D eigenvalue weighted by molar-refractivity contribution is 5.89. The Labute approximate surface area is 104 Å². The molecule has 6 nitrogen and oxygen atoms in total. The van der Waals surface area contributed by atoms with Gasteiger partial charge in [0.25, 0.3) is 0 Å². The van der Waals surface area contributed by atoms with Crippen molar-refractivity contribution in [3.8, 4) is 5.75 Å². The van der Waals surface area contributed by atoms with Crippen LogP contribution in [0.5, 0.6) is 5.75 Å². The predicted molar refractivity (Wildman–Crippen MR) is 65.7 cm³/mol. The fourth-order valence-electron chi connectivity index (χ4n) is 1.26. The fourth-order valence-corrected chi connectivity index (χ4v) is 1.26. The Kier molecular flexibility index (Phi) is 4.74. The lowest BCUT2D eigenvalue weighted by atomic mass is 10.1. The van der Waals surface area contributed by atoms with Crippen LogP contribution in [0.25, 0.3) is 6.08 Å². The van der Waals surface area contributed by atoms with Gasteiger partial charge in [-0.2, -0.15) is 0 Å². The zero-order chi connectivity index (χ0) is 13.5. The van der Waals surface area contributed by atoms with Gasteiger partial charge in [-0.25, -0.2) is 9.59 Å². The lowest BCUT2D eigenvalue weighted by Gasteiger charge is -2.09. The number of ether oxygens (including phenoxy) is 2. The van der Waals surface area contributed by atoms with E-state index in [1.54, 1.807) is 18.2 Å². The van der Waals surface area contributed by atoms with E-state index in [1.807, 2.05) is 0 Å². The second kappa shape index (κ2) is 6.29. The Morgan fingerprint density at radius 1 is 1.33 bits per heavy atom. The number of carboxylic acids is 1. The molecule has 0 aliphatic carbocycles. The summed E-state index contributed by atoms with van der Waals surface area (Å²) in [6, 6.07) is 4.86. The number of hydrogen-bond acceptors (Lipinski definition) is 4. The SMILES string of the molecule is COC(=O)Nc1cc(C=CC(=O)O)ccc1OC. The van der Waals surface area contributed by atoms with Crippen molar-refractivity contribution in [3.63, 3.8) is 0 Å². The molecule has 0 aliphatic heterocycles. The van der Waals surface area contributed by atoms with Crippen LogP contribution >= 0.6 is 0 Å². The van der Waals surface area contributed by atoms with E-state index in [2.05, 4.69) is 10.1 Å². The molecule has 0 unspecified atom stereocenters. The average Bonchev–Trinajstić information content (AvgIpc) is 2.36. The highest BCUT2D eigenvalue weighted by Crippen LogP contribution is 2.26. The van der Waals surface area contributed by atoms with E-state index >= 15 is 0 Å². The van der Waals surface area contributed by atoms with Gasteiger partial charge in [-0.15, -0.1) is 0 Å². The lowest BCUT2D eigenvalue weighted by molar-refractivity contribution is -0.131. The zero-order valence-electron chi connectivity index (χ0n) is 9.97. The van der Waals surface area contributed by atoms with Crippen molar-refractivity contribution in [2.75, 3.05) is 19.5 Å². The number of hydrogen-bond donors (Lipinski definition) is 2. The minimum atomic E-state index is -1.05. The Hall–Kier alpha value is -2.50. The number of amides is 1. The molecular formula is C12H13NO5. The molecule has 0 saturated heterocycles. The number of anilines is 1. The largest absolute Gasteiger partial charge is 0.495 e. The van der Waals surface area contributed by atoms with Crippen LogP contribution in [-0.4, -0.2) is 31.4 Å². The van der Waals surface area contributed by atoms with Gasteiger partial charge < -0.3 is 14.6 Å². The van der Waals surface area contributed by atoms with Crippen molar-refractivity contribution >= 4 is 23.8 Å². The van der Waals surface area contributed by atoms with Gasteiger partial charge in [0.15, 0.2) is 0 Å². The smallest absolute Gasteiger partial charge is 0.411 e. The van der Waals surface area contributed by atoms with Crippen LogP contribution in [0.2, 0.25) is 0 Å². The number of methoxy groups -OCH3 is 2. The molecule has 0 spiro atoms. The Bertz CT molecular complexity index is 481. The Balaban J connectivity index is 3.01. The summed E-state index contributed by atoms with van der Waals surface area (Å²) in [6.07, 6.45) is 1.78. The summed E-state index contributed by atoms with van der Waals surface area (Å²) in [5, 5.41) is 11.0. The Morgan fingerprint density at radius 2 is 2.06 bits per heavy atom. The molecule has 0 fully saturated rings. The van der Waals surface area contributed by atoms with E-state index < -0.39 is 12.1 Å². The van der Waals surface area contributed by atoms with Crippen LogP contribution < -0.4 is 10.1 Å². The first kappa shape index (κ1) is 13.6. The second-order valence-corrected chi connectivity index (χ2v) is 3.25. The molecule has 18 heavy (non-hydrogen) atoms. The predicted octanol–water partition coefficient (Wildman–Crippen LogP) is 1.97. The summed E-state index contributed by atoms with van der Waals surface area (Å²) >= 11 is 0. The van der Waals surface area contributed by atoms with Crippen molar-refractivity contribution < 1.29 is 24.2 Å². The van der Waals surface area contributed by atoms with E-state index in [1.165, 1.54) is 20.3 Å². The van der Waals surface area contributed by atoms with Crippen LogP contribution in [0.15, 0.2) is 24.3 Å². The molecule has 0 atom stereocenters. The number of carbonyl (C=O) groups excluding carboxylic acids is 1. The maximum absolute atomic E-state index is 11.1. The van der Waals surface area contributed by atoms with Gasteiger partial charge in [0, 0.05) is 6.08 Å². The van der Waals surface area contributed by atoms with Gasteiger partial charge in [0.1, 0.15) is 5.75 Å². The van der Waals surface area contributed by atoms with Gasteiger partial charge in [0.05, 0.1) is 19.9 Å². The molecule has 1 aromatic carbocycles. The number of carboxylic acid groups (broad SMARTS) is 1. The number of carbonyl (C=O) groups is 2. The first-order valence-electron chi connectivity index (χ1n) is 5.01. The van der Waals surface area contributed by atoms with E-state index in [4.69, 9.17) is 9.84 Å². The molecule has 0 aliphatic rings. The molecule has 1 aromatic rings. The van der Waals surface area contributed by atoms with Crippen molar-refractivity contribution in [3.05, 3.63) is 29.8 Å². The third-order valence-corrected chi connectivity index (χ3v) is 2.06. The topological polar surface area (TPSA) is 84.9 Å². The molecule has 1 amide bonds.